The van der Waals surface area contributed by atoms with E-state index in [1.165, 1.54) is 18.2 Å². The first-order chi connectivity index (χ1) is 21.9. The number of Topliss-reactive ketones (excluding diaryl/α,β-unsaturated/α-hetero) is 1. The number of nitrogens with two attached hydrogens (primary N) is 1. The number of rotatable bonds is 11. The number of hydrogen-bond acceptors (Lipinski definition) is 8. The molecule has 0 unspecified atom stereocenters. The molecular weight excluding hydrogens is 603 g/mol. The fraction of sp³-hybridized carbons (Fsp3) is 0.324. The zero-order valence-corrected chi connectivity index (χ0v) is 27.3. The SMILES string of the molecule is CCc1nc2c(N)nc3cccnc3c2n1CCCCCC(=O)c1ccc(N(C)C)c(F)c1.CN(C)c1ccc(C(=O)O)cc1F.[B]. The van der Waals surface area contributed by atoms with E-state index in [-0.39, 0.29) is 25.6 Å². The molecule has 0 saturated carbocycles. The number of benzene rings is 2. The minimum absolute atomic E-state index is 0. The van der Waals surface area contributed by atoms with E-state index in [9.17, 15) is 18.4 Å². The molecular formula is C34H39BF2N7O3. The molecule has 3 aromatic heterocycles. The monoisotopic (exact) mass is 642 g/mol. The number of aromatic carboxylic acids is 1. The van der Waals surface area contributed by atoms with E-state index in [2.05, 4.69) is 21.5 Å². The number of halogens is 2. The second kappa shape index (κ2) is 16.0. The number of carbonyl (C=O) groups is 2. The molecule has 0 aliphatic rings. The average Bonchev–Trinajstić information content (AvgIpc) is 3.40. The molecule has 0 spiro atoms. The van der Waals surface area contributed by atoms with Crippen LogP contribution in [0.15, 0.2) is 54.7 Å². The number of anilines is 3. The lowest BCUT2D eigenvalue weighted by Gasteiger charge is -2.14. The molecule has 47 heavy (non-hydrogen) atoms. The first-order valence-electron chi connectivity index (χ1n) is 15.0. The summed E-state index contributed by atoms with van der Waals surface area (Å²) in [5, 5.41) is 8.56. The first-order valence-corrected chi connectivity index (χ1v) is 15.0. The summed E-state index contributed by atoms with van der Waals surface area (Å²) >= 11 is 0. The minimum Gasteiger partial charge on any atom is -0.478 e. The molecule has 0 atom stereocenters. The standard InChI is InChI=1S/C25H29FN6O.C9H10FNO2.B/c1-4-21-30-23-24(22-18(29-25(23)27)9-8-13-28-22)32(21)14-7-5-6-10-20(33)16-11-12-19(31(2)3)17(26)15-16;1-11(2)8-4-3-6(9(12)13)5-7(8)10;/h8-9,11-13,15H,4-7,10,14H2,1-3H3,(H2,27,29);3-5H,1-2H3,(H,12,13);. The van der Waals surface area contributed by atoms with Crippen molar-refractivity contribution in [2.75, 3.05) is 43.7 Å². The van der Waals surface area contributed by atoms with Gasteiger partial charge in [0.1, 0.15) is 34.0 Å². The number of aryl methyl sites for hydroxylation is 2. The molecule has 3 radical (unpaired) electrons. The Labute approximate surface area is 274 Å². The van der Waals surface area contributed by atoms with Crippen LogP contribution in [-0.4, -0.2) is 73.0 Å². The Balaban J connectivity index is 0.000000362. The summed E-state index contributed by atoms with van der Waals surface area (Å²) in [6.07, 6.45) is 5.42. The van der Waals surface area contributed by atoms with Crippen LogP contribution >= 0.6 is 0 Å². The van der Waals surface area contributed by atoms with Crippen molar-refractivity contribution >= 4 is 59.4 Å². The second-order valence-corrected chi connectivity index (χ2v) is 11.3. The van der Waals surface area contributed by atoms with Gasteiger partial charge in [0.15, 0.2) is 11.6 Å². The van der Waals surface area contributed by atoms with Crippen molar-refractivity contribution in [2.24, 2.45) is 0 Å². The number of aromatic nitrogens is 4. The maximum absolute atomic E-state index is 14.2. The number of pyridine rings is 2. The van der Waals surface area contributed by atoms with E-state index in [1.807, 2.05) is 12.1 Å². The molecule has 3 N–H and O–H groups in total. The van der Waals surface area contributed by atoms with Gasteiger partial charge in [0.2, 0.25) is 0 Å². The molecule has 3 heterocycles. The van der Waals surface area contributed by atoms with Crippen LogP contribution in [0.25, 0.3) is 22.1 Å². The van der Waals surface area contributed by atoms with Crippen LogP contribution in [0.4, 0.5) is 26.0 Å². The lowest BCUT2D eigenvalue weighted by molar-refractivity contribution is 0.0696. The van der Waals surface area contributed by atoms with Gasteiger partial charge in [0.25, 0.3) is 0 Å². The molecule has 0 bridgehead atoms. The van der Waals surface area contributed by atoms with Gasteiger partial charge in [-0.25, -0.2) is 23.5 Å². The van der Waals surface area contributed by atoms with Gasteiger partial charge in [-0.3, -0.25) is 9.78 Å². The summed E-state index contributed by atoms with van der Waals surface area (Å²) in [6, 6.07) is 12.3. The van der Waals surface area contributed by atoms with Crippen molar-refractivity contribution in [3.05, 3.63) is 83.3 Å². The van der Waals surface area contributed by atoms with Crippen molar-refractivity contribution in [1.82, 2.24) is 19.5 Å². The molecule has 2 aromatic carbocycles. The van der Waals surface area contributed by atoms with Gasteiger partial charge in [-0.2, -0.15) is 0 Å². The Morgan fingerprint density at radius 1 is 0.872 bits per heavy atom. The third-order valence-corrected chi connectivity index (χ3v) is 7.57. The number of carboxylic acid groups (broad SMARTS) is 1. The van der Waals surface area contributed by atoms with Crippen LogP contribution in [0.2, 0.25) is 0 Å². The average molecular weight is 643 g/mol. The summed E-state index contributed by atoms with van der Waals surface area (Å²) < 4.78 is 29.5. The normalized spacial score (nSPS) is 10.7. The Kier molecular flexibility index (Phi) is 12.4. The van der Waals surface area contributed by atoms with Crippen LogP contribution in [-0.2, 0) is 13.0 Å². The second-order valence-electron chi connectivity index (χ2n) is 11.3. The first kappa shape index (κ1) is 36.4. The third kappa shape index (κ3) is 8.40. The molecule has 5 aromatic rings. The van der Waals surface area contributed by atoms with Crippen molar-refractivity contribution in [3.63, 3.8) is 0 Å². The fourth-order valence-electron chi connectivity index (χ4n) is 5.20. The van der Waals surface area contributed by atoms with E-state index >= 15 is 0 Å². The Hall–Kier alpha value is -5.07. The number of nitrogens with zero attached hydrogens (tertiary/aromatic N) is 6. The summed E-state index contributed by atoms with van der Waals surface area (Å²) in [5.74, 6) is -0.689. The molecule has 0 saturated heterocycles. The number of unbranched alkanes of at least 4 members (excludes halogenated alkanes) is 2. The highest BCUT2D eigenvalue weighted by Crippen LogP contribution is 2.28. The smallest absolute Gasteiger partial charge is 0.335 e. The molecule has 5 rings (SSSR count). The maximum atomic E-state index is 14.2. The lowest BCUT2D eigenvalue weighted by atomic mass is 10.0. The molecule has 0 aliphatic heterocycles. The number of hydrogen-bond donors (Lipinski definition) is 2. The predicted octanol–water partition coefficient (Wildman–Crippen LogP) is 5.98. The number of nitrogen functional groups attached to an aromatic ring is 1. The predicted molar refractivity (Wildman–Crippen MR) is 184 cm³/mol. The quantitative estimate of drug-likeness (QED) is 0.102. The Bertz CT molecular complexity index is 1880. The van der Waals surface area contributed by atoms with Crippen LogP contribution < -0.4 is 15.5 Å². The van der Waals surface area contributed by atoms with E-state index in [4.69, 9.17) is 15.8 Å². The minimum atomic E-state index is -1.12. The lowest BCUT2D eigenvalue weighted by Crippen LogP contribution is -2.11. The van der Waals surface area contributed by atoms with Crippen molar-refractivity contribution in [1.29, 1.82) is 0 Å². The topological polar surface area (TPSA) is 130 Å². The van der Waals surface area contributed by atoms with Gasteiger partial charge in [-0.05, 0) is 61.4 Å². The highest BCUT2D eigenvalue weighted by atomic mass is 19.1. The third-order valence-electron chi connectivity index (χ3n) is 7.57. The number of ketones is 1. The fourth-order valence-corrected chi connectivity index (χ4v) is 5.20. The highest BCUT2D eigenvalue weighted by Gasteiger charge is 2.17. The van der Waals surface area contributed by atoms with Gasteiger partial charge < -0.3 is 25.2 Å². The zero-order valence-electron chi connectivity index (χ0n) is 27.3. The van der Waals surface area contributed by atoms with Crippen molar-refractivity contribution in [3.8, 4) is 0 Å². The molecule has 0 amide bonds. The summed E-state index contributed by atoms with van der Waals surface area (Å²) in [6.45, 7) is 2.82. The van der Waals surface area contributed by atoms with Crippen molar-refractivity contribution < 1.29 is 23.5 Å². The molecule has 13 heteroatoms. The Morgan fingerprint density at radius 2 is 1.49 bits per heavy atom. The summed E-state index contributed by atoms with van der Waals surface area (Å²) in [5.41, 5.74) is 10.6. The van der Waals surface area contributed by atoms with E-state index in [0.717, 1.165) is 60.7 Å². The van der Waals surface area contributed by atoms with Crippen LogP contribution in [0, 0.1) is 11.6 Å². The number of carboxylic acids is 1. The molecule has 0 aliphatic carbocycles. The number of imidazole rings is 1. The van der Waals surface area contributed by atoms with Crippen LogP contribution in [0.1, 0.15) is 59.1 Å². The maximum Gasteiger partial charge on any atom is 0.335 e. The molecule has 245 valence electrons. The van der Waals surface area contributed by atoms with E-state index < -0.39 is 11.8 Å². The van der Waals surface area contributed by atoms with Crippen LogP contribution in [0.3, 0.4) is 0 Å². The van der Waals surface area contributed by atoms with Gasteiger partial charge >= 0.3 is 5.97 Å². The number of carbonyl (C=O) groups excluding carboxylic acids is 1. The van der Waals surface area contributed by atoms with Gasteiger partial charge in [-0.15, -0.1) is 0 Å². The molecule has 10 nitrogen and oxygen atoms in total. The van der Waals surface area contributed by atoms with Gasteiger partial charge in [0.05, 0.1) is 22.5 Å². The highest BCUT2D eigenvalue weighted by molar-refractivity contribution is 6.04. The van der Waals surface area contributed by atoms with Gasteiger partial charge in [0, 0.05) is 67.8 Å². The zero-order chi connectivity index (χ0) is 33.5. The van der Waals surface area contributed by atoms with Crippen molar-refractivity contribution in [2.45, 2.75) is 45.6 Å². The summed E-state index contributed by atoms with van der Waals surface area (Å²) in [7, 11) is 6.94. The Morgan fingerprint density at radius 3 is 2.06 bits per heavy atom. The van der Waals surface area contributed by atoms with E-state index in [0.29, 0.717) is 34.7 Å². The van der Waals surface area contributed by atoms with Gasteiger partial charge in [-0.1, -0.05) is 13.3 Å². The van der Waals surface area contributed by atoms with E-state index in [1.54, 1.807) is 56.3 Å². The number of fused-ring (bicyclic) bond motifs is 3. The molecule has 0 fully saturated rings. The van der Waals surface area contributed by atoms with Crippen LogP contribution in [0.5, 0.6) is 0 Å². The summed E-state index contributed by atoms with van der Waals surface area (Å²) in [4.78, 5) is 39.9. The largest absolute Gasteiger partial charge is 0.478 e.